The van der Waals surface area contributed by atoms with Gasteiger partial charge >= 0.3 is 0 Å². The monoisotopic (exact) mass is 462 g/mol. The van der Waals surface area contributed by atoms with Crippen LogP contribution >= 0.6 is 0 Å². The standard InChI is InChI=1S/C23H30N2O6S/c1-4-30-19-11-9-17(15-21(19)31-5-2)23(26)24-18-10-12-20(29-3)22(16-18)32(27,28)25-13-7-6-8-14-25/h9-12,15-16H,4-8,13-14H2,1-3H3,(H,24,26). The summed E-state index contributed by atoms with van der Waals surface area (Å²) in [6, 6.07) is 9.54. The number of carbonyl (C=O) groups excluding carboxylic acids is 1. The topological polar surface area (TPSA) is 94.2 Å². The van der Waals surface area contributed by atoms with E-state index in [1.165, 1.54) is 17.5 Å². The van der Waals surface area contributed by atoms with Crippen LogP contribution in [0.2, 0.25) is 0 Å². The van der Waals surface area contributed by atoms with Gasteiger partial charge in [0.2, 0.25) is 10.0 Å². The van der Waals surface area contributed by atoms with Crippen molar-refractivity contribution >= 4 is 21.6 Å². The Hall–Kier alpha value is -2.78. The van der Waals surface area contributed by atoms with E-state index in [4.69, 9.17) is 14.2 Å². The van der Waals surface area contributed by atoms with E-state index in [-0.39, 0.29) is 16.6 Å². The molecular weight excluding hydrogens is 432 g/mol. The van der Waals surface area contributed by atoms with Crippen molar-refractivity contribution in [2.75, 3.05) is 38.7 Å². The third-order valence-corrected chi connectivity index (χ3v) is 7.08. The fourth-order valence-corrected chi connectivity index (χ4v) is 5.29. The van der Waals surface area contributed by atoms with Gasteiger partial charge in [-0.3, -0.25) is 4.79 Å². The number of piperidine rings is 1. The molecule has 0 saturated carbocycles. The van der Waals surface area contributed by atoms with E-state index in [1.807, 2.05) is 13.8 Å². The Balaban J connectivity index is 1.87. The molecule has 0 bridgehead atoms. The molecule has 1 aliphatic rings. The molecule has 1 aliphatic heterocycles. The number of nitrogens with zero attached hydrogens (tertiary/aromatic N) is 1. The molecule has 1 saturated heterocycles. The molecule has 9 heteroatoms. The van der Waals surface area contributed by atoms with Gasteiger partial charge in [0.15, 0.2) is 11.5 Å². The second kappa shape index (κ2) is 10.7. The van der Waals surface area contributed by atoms with Crippen LogP contribution in [0.25, 0.3) is 0 Å². The minimum absolute atomic E-state index is 0.0430. The minimum atomic E-state index is -3.73. The molecule has 174 valence electrons. The van der Waals surface area contributed by atoms with Crippen molar-refractivity contribution in [1.29, 1.82) is 0 Å². The Labute approximate surface area is 189 Å². The van der Waals surface area contributed by atoms with Crippen LogP contribution < -0.4 is 19.5 Å². The number of hydrogen-bond acceptors (Lipinski definition) is 6. The van der Waals surface area contributed by atoms with Gasteiger partial charge in [-0.1, -0.05) is 6.42 Å². The number of carbonyl (C=O) groups is 1. The fourth-order valence-electron chi connectivity index (χ4n) is 3.60. The van der Waals surface area contributed by atoms with E-state index in [1.54, 1.807) is 30.3 Å². The first-order chi connectivity index (χ1) is 15.4. The predicted molar refractivity (Wildman–Crippen MR) is 122 cm³/mol. The summed E-state index contributed by atoms with van der Waals surface area (Å²) in [4.78, 5) is 12.9. The van der Waals surface area contributed by atoms with Crippen LogP contribution in [-0.4, -0.2) is 52.0 Å². The molecule has 0 atom stereocenters. The first-order valence-corrected chi connectivity index (χ1v) is 12.2. The number of hydrogen-bond donors (Lipinski definition) is 1. The summed E-state index contributed by atoms with van der Waals surface area (Å²) in [7, 11) is -2.30. The molecule has 1 fully saturated rings. The van der Waals surface area contributed by atoms with Gasteiger partial charge in [0, 0.05) is 24.3 Å². The lowest BCUT2D eigenvalue weighted by atomic mass is 10.1. The first-order valence-electron chi connectivity index (χ1n) is 10.8. The van der Waals surface area contributed by atoms with Gasteiger partial charge in [0.1, 0.15) is 10.6 Å². The van der Waals surface area contributed by atoms with E-state index >= 15 is 0 Å². The number of rotatable bonds is 9. The molecular formula is C23H30N2O6S. The van der Waals surface area contributed by atoms with Gasteiger partial charge < -0.3 is 19.5 Å². The van der Waals surface area contributed by atoms with Crippen LogP contribution in [0.15, 0.2) is 41.3 Å². The highest BCUT2D eigenvalue weighted by Crippen LogP contribution is 2.32. The molecule has 0 aliphatic carbocycles. The molecule has 0 aromatic heterocycles. The maximum Gasteiger partial charge on any atom is 0.255 e. The number of nitrogens with one attached hydrogen (secondary N) is 1. The van der Waals surface area contributed by atoms with Crippen LogP contribution in [0.3, 0.4) is 0 Å². The number of ether oxygens (including phenoxy) is 3. The molecule has 0 radical (unpaired) electrons. The lowest BCUT2D eigenvalue weighted by Crippen LogP contribution is -2.35. The first kappa shape index (κ1) is 23.9. The molecule has 32 heavy (non-hydrogen) atoms. The summed E-state index contributed by atoms with van der Waals surface area (Å²) in [5, 5.41) is 2.77. The van der Waals surface area contributed by atoms with Crippen LogP contribution in [-0.2, 0) is 10.0 Å². The highest BCUT2D eigenvalue weighted by atomic mass is 32.2. The van der Waals surface area contributed by atoms with Crippen molar-refractivity contribution in [1.82, 2.24) is 4.31 Å². The molecule has 2 aromatic rings. The minimum Gasteiger partial charge on any atom is -0.495 e. The van der Waals surface area contributed by atoms with Crippen LogP contribution in [0, 0.1) is 0 Å². The number of anilines is 1. The van der Waals surface area contributed by atoms with E-state index in [9.17, 15) is 13.2 Å². The van der Waals surface area contributed by atoms with Gasteiger partial charge in [0.05, 0.1) is 20.3 Å². The van der Waals surface area contributed by atoms with Crippen molar-refractivity contribution in [3.05, 3.63) is 42.0 Å². The molecule has 1 N–H and O–H groups in total. The van der Waals surface area contributed by atoms with Crippen molar-refractivity contribution in [3.63, 3.8) is 0 Å². The molecule has 3 rings (SSSR count). The zero-order valence-electron chi connectivity index (χ0n) is 18.7. The highest BCUT2D eigenvalue weighted by Gasteiger charge is 2.29. The molecule has 0 spiro atoms. The maximum absolute atomic E-state index is 13.2. The average Bonchev–Trinajstić information content (AvgIpc) is 2.81. The average molecular weight is 463 g/mol. The Morgan fingerprint density at radius 3 is 2.25 bits per heavy atom. The normalized spacial score (nSPS) is 14.6. The Kier molecular flexibility index (Phi) is 7.98. The summed E-state index contributed by atoms with van der Waals surface area (Å²) in [6.07, 6.45) is 2.68. The number of methoxy groups -OCH3 is 1. The molecule has 0 unspecified atom stereocenters. The molecule has 2 aromatic carbocycles. The number of benzene rings is 2. The van der Waals surface area contributed by atoms with Gasteiger partial charge in [0.25, 0.3) is 5.91 Å². The third-order valence-electron chi connectivity index (χ3n) is 5.16. The van der Waals surface area contributed by atoms with Crippen LogP contribution in [0.4, 0.5) is 5.69 Å². The number of sulfonamides is 1. The Morgan fingerprint density at radius 2 is 1.59 bits per heavy atom. The smallest absolute Gasteiger partial charge is 0.255 e. The fraction of sp³-hybridized carbons (Fsp3) is 0.435. The van der Waals surface area contributed by atoms with Crippen molar-refractivity contribution in [2.45, 2.75) is 38.0 Å². The Bertz CT molecular complexity index is 1050. The lowest BCUT2D eigenvalue weighted by Gasteiger charge is -2.26. The van der Waals surface area contributed by atoms with Crippen molar-refractivity contribution < 1.29 is 27.4 Å². The second-order valence-corrected chi connectivity index (χ2v) is 9.22. The van der Waals surface area contributed by atoms with E-state index in [0.717, 1.165) is 19.3 Å². The second-order valence-electron chi connectivity index (χ2n) is 7.31. The molecule has 8 nitrogen and oxygen atoms in total. The third kappa shape index (κ3) is 5.34. The van der Waals surface area contributed by atoms with Crippen LogP contribution in [0.5, 0.6) is 17.2 Å². The largest absolute Gasteiger partial charge is 0.495 e. The lowest BCUT2D eigenvalue weighted by molar-refractivity contribution is 0.102. The zero-order chi connectivity index (χ0) is 23.1. The summed E-state index contributed by atoms with van der Waals surface area (Å²) >= 11 is 0. The van der Waals surface area contributed by atoms with E-state index in [0.29, 0.717) is 49.1 Å². The SMILES string of the molecule is CCOc1ccc(C(=O)Nc2ccc(OC)c(S(=O)(=O)N3CCCCC3)c2)cc1OCC. The quantitative estimate of drug-likeness (QED) is 0.607. The van der Waals surface area contributed by atoms with Crippen molar-refractivity contribution in [3.8, 4) is 17.2 Å². The van der Waals surface area contributed by atoms with Gasteiger partial charge in [-0.05, 0) is 63.1 Å². The maximum atomic E-state index is 13.2. The van der Waals surface area contributed by atoms with Gasteiger partial charge in [-0.2, -0.15) is 4.31 Å². The van der Waals surface area contributed by atoms with Crippen LogP contribution in [0.1, 0.15) is 43.5 Å². The summed E-state index contributed by atoms with van der Waals surface area (Å²) in [5.41, 5.74) is 0.728. The summed E-state index contributed by atoms with van der Waals surface area (Å²) in [5.74, 6) is 0.893. The molecule has 1 amide bonds. The van der Waals surface area contributed by atoms with E-state index < -0.39 is 10.0 Å². The highest BCUT2D eigenvalue weighted by molar-refractivity contribution is 7.89. The van der Waals surface area contributed by atoms with E-state index in [2.05, 4.69) is 5.32 Å². The zero-order valence-corrected chi connectivity index (χ0v) is 19.5. The van der Waals surface area contributed by atoms with Gasteiger partial charge in [-0.15, -0.1) is 0 Å². The summed E-state index contributed by atoms with van der Waals surface area (Å²) < 4.78 is 44.3. The molecule has 1 heterocycles. The Morgan fingerprint density at radius 1 is 0.938 bits per heavy atom. The summed E-state index contributed by atoms with van der Waals surface area (Å²) in [6.45, 7) is 5.59. The van der Waals surface area contributed by atoms with Crippen molar-refractivity contribution in [2.24, 2.45) is 0 Å². The predicted octanol–water partition coefficient (Wildman–Crippen LogP) is 3.92. The number of amides is 1. The van der Waals surface area contributed by atoms with Gasteiger partial charge in [-0.25, -0.2) is 8.42 Å².